The largest absolute Gasteiger partial charge is 0.444 e. The molecule has 0 aromatic carbocycles. The molecule has 0 unspecified atom stereocenters. The van der Waals surface area contributed by atoms with Crippen molar-refractivity contribution < 1.29 is 14.3 Å². The molecule has 1 aromatic rings. The van der Waals surface area contributed by atoms with E-state index in [1.165, 1.54) is 0 Å². The van der Waals surface area contributed by atoms with Crippen molar-refractivity contribution in [2.45, 2.75) is 52.6 Å². The molecule has 0 fully saturated rings. The zero-order valence-electron chi connectivity index (χ0n) is 15.3. The highest BCUT2D eigenvalue weighted by atomic mass is 16.6. The zero-order chi connectivity index (χ0) is 18.4. The Morgan fingerprint density at radius 3 is 2.21 bits per heavy atom. The maximum Gasteiger partial charge on any atom is 0.407 e. The van der Waals surface area contributed by atoms with Crippen LogP contribution in [0.3, 0.4) is 0 Å². The number of ether oxygens (including phenoxy) is 1. The summed E-state index contributed by atoms with van der Waals surface area (Å²) in [6.45, 7) is 12.2. The number of nitrogens with one attached hydrogen (secondary N) is 3. The third kappa shape index (κ3) is 7.30. The van der Waals surface area contributed by atoms with Crippen molar-refractivity contribution in [3.8, 4) is 0 Å². The Hall–Kier alpha value is -2.31. The standard InChI is InChI=1S/C17H28N4O3/c1-16(2,3)13-11-12(20-21-13)14(22)18-9-7-8-10-19-15(23)24-17(4,5)6/h7-8,11H,9-10H2,1-6H3,(H,18,22)(H,19,23)(H,20,21)/b8-7+. The van der Waals surface area contributed by atoms with Crippen LogP contribution in [0.2, 0.25) is 0 Å². The molecule has 7 heteroatoms. The summed E-state index contributed by atoms with van der Waals surface area (Å²) in [5.41, 5.74) is 0.667. The summed E-state index contributed by atoms with van der Waals surface area (Å²) in [5, 5.41) is 12.2. The second kappa shape index (κ2) is 7.99. The number of H-pyrrole nitrogens is 1. The number of aromatic nitrogens is 2. The molecule has 0 aliphatic carbocycles. The van der Waals surface area contributed by atoms with E-state index in [4.69, 9.17) is 4.74 Å². The smallest absolute Gasteiger partial charge is 0.407 e. The van der Waals surface area contributed by atoms with E-state index in [9.17, 15) is 9.59 Å². The zero-order valence-corrected chi connectivity index (χ0v) is 15.3. The quantitative estimate of drug-likeness (QED) is 0.720. The van der Waals surface area contributed by atoms with Crippen molar-refractivity contribution in [1.29, 1.82) is 0 Å². The van der Waals surface area contributed by atoms with Crippen LogP contribution in [0.25, 0.3) is 0 Å². The first-order valence-corrected chi connectivity index (χ1v) is 7.95. The van der Waals surface area contributed by atoms with Gasteiger partial charge in [0.05, 0.1) is 0 Å². The van der Waals surface area contributed by atoms with E-state index in [0.717, 1.165) is 5.69 Å². The van der Waals surface area contributed by atoms with Gasteiger partial charge in [-0.1, -0.05) is 32.9 Å². The Balaban J connectivity index is 2.31. The molecule has 3 N–H and O–H groups in total. The number of hydrogen-bond donors (Lipinski definition) is 3. The van der Waals surface area contributed by atoms with Crippen LogP contribution in [-0.2, 0) is 10.2 Å². The maximum atomic E-state index is 12.0. The number of nitrogens with zero attached hydrogens (tertiary/aromatic N) is 1. The Bertz CT molecular complexity index is 592. The Morgan fingerprint density at radius 1 is 1.12 bits per heavy atom. The SMILES string of the molecule is CC(C)(C)OC(=O)NC/C=C/CNC(=O)c1cc(C(C)(C)C)[nH]n1. The molecule has 0 aliphatic heterocycles. The maximum absolute atomic E-state index is 12.0. The molecule has 24 heavy (non-hydrogen) atoms. The van der Waals surface area contributed by atoms with Crippen LogP contribution in [0.4, 0.5) is 4.79 Å². The van der Waals surface area contributed by atoms with E-state index in [-0.39, 0.29) is 11.3 Å². The van der Waals surface area contributed by atoms with Crippen LogP contribution in [-0.4, -0.2) is 40.9 Å². The Labute approximate surface area is 143 Å². The van der Waals surface area contributed by atoms with Crippen LogP contribution >= 0.6 is 0 Å². The van der Waals surface area contributed by atoms with E-state index >= 15 is 0 Å². The number of rotatable bonds is 5. The van der Waals surface area contributed by atoms with E-state index in [2.05, 4.69) is 20.8 Å². The fourth-order valence-electron chi connectivity index (χ4n) is 1.69. The topological polar surface area (TPSA) is 96.1 Å². The number of carbonyl (C=O) groups is 2. The van der Waals surface area contributed by atoms with Crippen LogP contribution in [0, 0.1) is 0 Å². The molecule has 0 atom stereocenters. The highest BCUT2D eigenvalue weighted by molar-refractivity contribution is 5.92. The summed E-state index contributed by atoms with van der Waals surface area (Å²) in [4.78, 5) is 23.4. The molecule has 0 saturated carbocycles. The van der Waals surface area contributed by atoms with Crippen molar-refractivity contribution in [3.05, 3.63) is 29.6 Å². The van der Waals surface area contributed by atoms with Crippen LogP contribution in [0.15, 0.2) is 18.2 Å². The van der Waals surface area contributed by atoms with Crippen LogP contribution in [0.1, 0.15) is 57.7 Å². The van der Waals surface area contributed by atoms with Gasteiger partial charge < -0.3 is 15.4 Å². The molecular weight excluding hydrogens is 308 g/mol. The highest BCUT2D eigenvalue weighted by Gasteiger charge is 2.19. The number of carbonyl (C=O) groups excluding carboxylic acids is 2. The molecule has 1 aromatic heterocycles. The lowest BCUT2D eigenvalue weighted by Gasteiger charge is -2.19. The molecule has 7 nitrogen and oxygen atoms in total. The van der Waals surface area contributed by atoms with Crippen LogP contribution in [0.5, 0.6) is 0 Å². The fourth-order valence-corrected chi connectivity index (χ4v) is 1.69. The molecule has 0 aliphatic rings. The molecule has 0 bridgehead atoms. The summed E-state index contributed by atoms with van der Waals surface area (Å²) in [7, 11) is 0. The van der Waals surface area contributed by atoms with Crippen molar-refractivity contribution in [1.82, 2.24) is 20.8 Å². The lowest BCUT2D eigenvalue weighted by molar-refractivity contribution is 0.0534. The van der Waals surface area contributed by atoms with Gasteiger partial charge in [0.2, 0.25) is 0 Å². The van der Waals surface area contributed by atoms with Crippen LogP contribution < -0.4 is 10.6 Å². The van der Waals surface area contributed by atoms with E-state index in [0.29, 0.717) is 18.8 Å². The molecule has 1 rings (SSSR count). The first-order chi connectivity index (χ1) is 11.0. The van der Waals surface area contributed by atoms with Gasteiger partial charge in [-0.05, 0) is 26.8 Å². The van der Waals surface area contributed by atoms with Crippen molar-refractivity contribution >= 4 is 12.0 Å². The monoisotopic (exact) mass is 336 g/mol. The third-order valence-electron chi connectivity index (χ3n) is 2.93. The summed E-state index contributed by atoms with van der Waals surface area (Å²) in [6, 6.07) is 1.75. The number of hydrogen-bond acceptors (Lipinski definition) is 4. The number of alkyl carbamates (subject to hydrolysis) is 1. The Morgan fingerprint density at radius 2 is 1.71 bits per heavy atom. The molecule has 0 saturated heterocycles. The predicted octanol–water partition coefficient (Wildman–Crippen LogP) is 2.52. The molecule has 0 spiro atoms. The molecule has 134 valence electrons. The van der Waals surface area contributed by atoms with Gasteiger partial charge in [0, 0.05) is 24.2 Å². The van der Waals surface area contributed by atoms with Crippen molar-refractivity contribution in [3.63, 3.8) is 0 Å². The minimum Gasteiger partial charge on any atom is -0.444 e. The summed E-state index contributed by atoms with van der Waals surface area (Å²) < 4.78 is 5.10. The minimum atomic E-state index is -0.517. The molecule has 0 radical (unpaired) electrons. The second-order valence-corrected chi connectivity index (χ2v) is 7.48. The van der Waals surface area contributed by atoms with E-state index in [1.807, 2.05) is 20.8 Å². The van der Waals surface area contributed by atoms with Gasteiger partial charge in [-0.15, -0.1) is 0 Å². The van der Waals surface area contributed by atoms with Gasteiger partial charge in [-0.3, -0.25) is 9.89 Å². The lowest BCUT2D eigenvalue weighted by atomic mass is 9.92. The van der Waals surface area contributed by atoms with E-state index in [1.54, 1.807) is 39.0 Å². The number of amides is 2. The normalized spacial score (nSPS) is 12.2. The molecular formula is C17H28N4O3. The first kappa shape index (κ1) is 19.7. The van der Waals surface area contributed by atoms with Gasteiger partial charge in [-0.25, -0.2) is 4.79 Å². The summed E-state index contributed by atoms with van der Waals surface area (Å²) in [6.07, 6.45) is 3.03. The predicted molar refractivity (Wildman–Crippen MR) is 93.0 cm³/mol. The van der Waals surface area contributed by atoms with E-state index < -0.39 is 11.7 Å². The third-order valence-corrected chi connectivity index (χ3v) is 2.93. The van der Waals surface area contributed by atoms with Crippen molar-refractivity contribution in [2.75, 3.05) is 13.1 Å². The van der Waals surface area contributed by atoms with Gasteiger partial charge >= 0.3 is 6.09 Å². The second-order valence-electron chi connectivity index (χ2n) is 7.48. The lowest BCUT2D eigenvalue weighted by Crippen LogP contribution is -2.32. The van der Waals surface area contributed by atoms with Crippen molar-refractivity contribution in [2.24, 2.45) is 0 Å². The summed E-state index contributed by atoms with van der Waals surface area (Å²) in [5.74, 6) is -0.244. The number of aromatic amines is 1. The van der Waals surface area contributed by atoms with Gasteiger partial charge in [0.15, 0.2) is 0 Å². The van der Waals surface area contributed by atoms with Gasteiger partial charge in [-0.2, -0.15) is 5.10 Å². The highest BCUT2D eigenvalue weighted by Crippen LogP contribution is 2.20. The molecule has 2 amide bonds. The minimum absolute atomic E-state index is 0.0846. The first-order valence-electron chi connectivity index (χ1n) is 7.95. The molecule has 1 heterocycles. The summed E-state index contributed by atoms with van der Waals surface area (Å²) >= 11 is 0. The average Bonchev–Trinajstić information content (AvgIpc) is 2.90. The Kier molecular flexibility index (Phi) is 6.57. The van der Waals surface area contributed by atoms with Gasteiger partial charge in [0.25, 0.3) is 5.91 Å². The fraction of sp³-hybridized carbons (Fsp3) is 0.588. The van der Waals surface area contributed by atoms with Gasteiger partial charge in [0.1, 0.15) is 11.3 Å². The average molecular weight is 336 g/mol.